The first kappa shape index (κ1) is 14.5. The molecule has 16 heavy (non-hydrogen) atoms. The van der Waals surface area contributed by atoms with Gasteiger partial charge in [0.2, 0.25) is 0 Å². The molecule has 0 spiro atoms. The molecule has 2 nitrogen and oxygen atoms in total. The summed E-state index contributed by atoms with van der Waals surface area (Å²) in [6, 6.07) is 0. The van der Waals surface area contributed by atoms with Crippen LogP contribution in [0.5, 0.6) is 0 Å². The zero-order chi connectivity index (χ0) is 12.2. The molecule has 0 N–H and O–H groups in total. The van der Waals surface area contributed by atoms with Crippen molar-refractivity contribution in [3.63, 3.8) is 0 Å². The molecule has 0 saturated carbocycles. The summed E-state index contributed by atoms with van der Waals surface area (Å²) in [6.07, 6.45) is 1.58. The second kappa shape index (κ2) is 6.36. The molecule has 0 bridgehead atoms. The Morgan fingerprint density at radius 3 is 2.62 bits per heavy atom. The molecule has 1 aliphatic rings. The summed E-state index contributed by atoms with van der Waals surface area (Å²) in [5.74, 6) is 0.711. The molecule has 0 aromatic heterocycles. The molecule has 1 aliphatic heterocycles. The predicted octanol–water partition coefficient (Wildman–Crippen LogP) is 3.15. The number of nitrogens with zero attached hydrogens (tertiary/aromatic N) is 1. The third-order valence-electron chi connectivity index (χ3n) is 3.57. The molecule has 0 aromatic carbocycles. The van der Waals surface area contributed by atoms with Gasteiger partial charge in [-0.25, -0.2) is 0 Å². The van der Waals surface area contributed by atoms with Crippen LogP contribution in [-0.2, 0) is 4.74 Å². The minimum Gasteiger partial charge on any atom is -0.376 e. The Labute approximate surface area is 109 Å². The maximum Gasteiger partial charge on any atom is 0.0700 e. The highest BCUT2D eigenvalue weighted by Gasteiger charge is 2.28. The van der Waals surface area contributed by atoms with Crippen molar-refractivity contribution < 1.29 is 4.74 Å². The average Bonchev–Trinajstić information content (AvgIpc) is 2.24. The molecular weight excluding hydrogens is 266 g/mol. The van der Waals surface area contributed by atoms with Gasteiger partial charge in [0.1, 0.15) is 0 Å². The van der Waals surface area contributed by atoms with Crippen LogP contribution in [0.3, 0.4) is 0 Å². The van der Waals surface area contributed by atoms with Crippen molar-refractivity contribution >= 4 is 15.9 Å². The summed E-state index contributed by atoms with van der Waals surface area (Å²) in [5.41, 5.74) is 0.378. The Kier molecular flexibility index (Phi) is 5.75. The van der Waals surface area contributed by atoms with E-state index in [1.165, 1.54) is 6.54 Å². The SMILES string of the molecule is CCC1CN(CC(CBr)C(C)(C)C)CCO1. The highest BCUT2D eigenvalue weighted by Crippen LogP contribution is 2.28. The maximum atomic E-state index is 5.70. The zero-order valence-electron chi connectivity index (χ0n) is 11.1. The molecule has 0 radical (unpaired) electrons. The lowest BCUT2D eigenvalue weighted by atomic mass is 9.81. The van der Waals surface area contributed by atoms with E-state index in [1.807, 2.05) is 0 Å². The van der Waals surface area contributed by atoms with Gasteiger partial charge in [0.05, 0.1) is 12.7 Å². The Bertz CT molecular complexity index is 203. The minimum absolute atomic E-state index is 0.378. The fourth-order valence-electron chi connectivity index (χ4n) is 2.06. The Hall–Kier alpha value is 0.400. The third kappa shape index (κ3) is 4.34. The van der Waals surface area contributed by atoms with Gasteiger partial charge in [-0.2, -0.15) is 0 Å². The highest BCUT2D eigenvalue weighted by atomic mass is 79.9. The third-order valence-corrected chi connectivity index (χ3v) is 4.35. The van der Waals surface area contributed by atoms with Crippen molar-refractivity contribution in [1.29, 1.82) is 0 Å². The number of ether oxygens (including phenoxy) is 1. The predicted molar refractivity (Wildman–Crippen MR) is 73.2 cm³/mol. The number of hydrogen-bond acceptors (Lipinski definition) is 2. The first-order valence-corrected chi connectivity index (χ1v) is 7.49. The fraction of sp³-hybridized carbons (Fsp3) is 1.00. The van der Waals surface area contributed by atoms with E-state index in [-0.39, 0.29) is 0 Å². The van der Waals surface area contributed by atoms with Gasteiger partial charge in [0.15, 0.2) is 0 Å². The van der Waals surface area contributed by atoms with Crippen molar-refractivity contribution in [2.45, 2.75) is 40.2 Å². The van der Waals surface area contributed by atoms with Gasteiger partial charge in [0.25, 0.3) is 0 Å². The van der Waals surface area contributed by atoms with Gasteiger partial charge in [-0.05, 0) is 17.8 Å². The molecule has 0 amide bonds. The molecule has 1 saturated heterocycles. The maximum absolute atomic E-state index is 5.70. The summed E-state index contributed by atoms with van der Waals surface area (Å²) < 4.78 is 5.70. The standard InChI is InChI=1S/C13H26BrNO/c1-5-12-10-15(6-7-16-12)9-11(8-14)13(2,3)4/h11-12H,5-10H2,1-4H3. The van der Waals surface area contributed by atoms with Gasteiger partial charge < -0.3 is 4.74 Å². The van der Waals surface area contributed by atoms with Gasteiger partial charge in [-0.3, -0.25) is 4.90 Å². The van der Waals surface area contributed by atoms with Crippen LogP contribution in [0.15, 0.2) is 0 Å². The average molecular weight is 292 g/mol. The molecule has 1 heterocycles. The molecule has 96 valence electrons. The number of rotatable bonds is 4. The van der Waals surface area contributed by atoms with E-state index in [1.54, 1.807) is 0 Å². The Balaban J connectivity index is 2.45. The van der Waals surface area contributed by atoms with Crippen LogP contribution in [0.4, 0.5) is 0 Å². The highest BCUT2D eigenvalue weighted by molar-refractivity contribution is 9.09. The molecule has 0 aliphatic carbocycles. The molecular formula is C13H26BrNO. The molecule has 2 atom stereocenters. The van der Waals surface area contributed by atoms with E-state index in [2.05, 4.69) is 48.5 Å². The van der Waals surface area contributed by atoms with Crippen LogP contribution in [0.1, 0.15) is 34.1 Å². The van der Waals surface area contributed by atoms with Gasteiger partial charge in [-0.15, -0.1) is 0 Å². The van der Waals surface area contributed by atoms with Crippen molar-refractivity contribution in [2.75, 3.05) is 31.6 Å². The van der Waals surface area contributed by atoms with Crippen molar-refractivity contribution in [3.05, 3.63) is 0 Å². The second-order valence-corrected chi connectivity index (χ2v) is 6.53. The minimum atomic E-state index is 0.378. The van der Waals surface area contributed by atoms with Crippen molar-refractivity contribution in [2.24, 2.45) is 11.3 Å². The Morgan fingerprint density at radius 2 is 2.12 bits per heavy atom. The number of morpholine rings is 1. The van der Waals surface area contributed by atoms with E-state index in [4.69, 9.17) is 4.74 Å². The van der Waals surface area contributed by atoms with E-state index < -0.39 is 0 Å². The normalized spacial score (nSPS) is 25.7. The molecule has 3 heteroatoms. The number of alkyl halides is 1. The summed E-state index contributed by atoms with van der Waals surface area (Å²) in [4.78, 5) is 2.56. The molecule has 1 fully saturated rings. The Morgan fingerprint density at radius 1 is 1.44 bits per heavy atom. The summed E-state index contributed by atoms with van der Waals surface area (Å²) in [6.45, 7) is 13.5. The van der Waals surface area contributed by atoms with Crippen LogP contribution in [0, 0.1) is 11.3 Å². The van der Waals surface area contributed by atoms with Crippen LogP contribution >= 0.6 is 15.9 Å². The lowest BCUT2D eigenvalue weighted by molar-refractivity contribution is -0.0377. The van der Waals surface area contributed by atoms with Crippen LogP contribution < -0.4 is 0 Å². The van der Waals surface area contributed by atoms with Crippen molar-refractivity contribution in [1.82, 2.24) is 4.90 Å². The molecule has 1 rings (SSSR count). The first-order chi connectivity index (χ1) is 7.47. The molecule has 2 unspecified atom stereocenters. The number of halogens is 1. The fourth-order valence-corrected chi connectivity index (χ4v) is 3.23. The van der Waals surface area contributed by atoms with Gasteiger partial charge >= 0.3 is 0 Å². The van der Waals surface area contributed by atoms with E-state index in [0.29, 0.717) is 17.4 Å². The summed E-state index contributed by atoms with van der Waals surface area (Å²) >= 11 is 3.65. The lowest BCUT2D eigenvalue weighted by Crippen LogP contribution is -2.46. The van der Waals surface area contributed by atoms with Crippen LogP contribution in [0.2, 0.25) is 0 Å². The lowest BCUT2D eigenvalue weighted by Gasteiger charge is -2.38. The van der Waals surface area contributed by atoms with Gasteiger partial charge in [0, 0.05) is 25.0 Å². The largest absolute Gasteiger partial charge is 0.376 e. The summed E-state index contributed by atoms with van der Waals surface area (Å²) in [7, 11) is 0. The van der Waals surface area contributed by atoms with E-state index >= 15 is 0 Å². The first-order valence-electron chi connectivity index (χ1n) is 6.37. The second-order valence-electron chi connectivity index (χ2n) is 5.88. The van der Waals surface area contributed by atoms with Gasteiger partial charge in [-0.1, -0.05) is 43.6 Å². The smallest absolute Gasteiger partial charge is 0.0700 e. The van der Waals surface area contributed by atoms with Crippen LogP contribution in [0.25, 0.3) is 0 Å². The quantitative estimate of drug-likeness (QED) is 0.738. The van der Waals surface area contributed by atoms with E-state index in [0.717, 1.165) is 31.4 Å². The summed E-state index contributed by atoms with van der Waals surface area (Å²) in [5, 5.41) is 1.09. The van der Waals surface area contributed by atoms with Crippen molar-refractivity contribution in [3.8, 4) is 0 Å². The monoisotopic (exact) mass is 291 g/mol. The zero-order valence-corrected chi connectivity index (χ0v) is 12.7. The number of hydrogen-bond donors (Lipinski definition) is 0. The van der Waals surface area contributed by atoms with E-state index in [9.17, 15) is 0 Å². The molecule has 0 aromatic rings. The van der Waals surface area contributed by atoms with Crippen LogP contribution in [-0.4, -0.2) is 42.6 Å². The topological polar surface area (TPSA) is 12.5 Å².